The van der Waals surface area contributed by atoms with Gasteiger partial charge in [0.1, 0.15) is 5.82 Å². The number of carboxylic acid groups (broad SMARTS) is 1. The molecule has 1 aliphatic heterocycles. The summed E-state index contributed by atoms with van der Waals surface area (Å²) in [5.74, 6) is 0.193. The van der Waals surface area contributed by atoms with E-state index >= 15 is 0 Å². The molecular weight excluding hydrogens is 278 g/mol. The molecular formula is C17H19N3O2. The Kier molecular flexibility index (Phi) is 4.04. The van der Waals surface area contributed by atoms with Crippen molar-refractivity contribution in [2.24, 2.45) is 0 Å². The lowest BCUT2D eigenvalue weighted by Gasteiger charge is -2.17. The molecule has 1 unspecified atom stereocenters. The van der Waals surface area contributed by atoms with Crippen LogP contribution in [0.25, 0.3) is 0 Å². The Bertz CT molecular complexity index is 653. The number of rotatable bonds is 4. The highest BCUT2D eigenvalue weighted by Gasteiger charge is 2.25. The van der Waals surface area contributed by atoms with Crippen molar-refractivity contribution in [3.05, 3.63) is 53.5 Å². The quantitative estimate of drug-likeness (QED) is 0.940. The van der Waals surface area contributed by atoms with E-state index in [1.165, 1.54) is 17.3 Å². The second-order valence-electron chi connectivity index (χ2n) is 5.59. The number of nitrogens with zero attached hydrogens (tertiary/aromatic N) is 3. The molecule has 5 nitrogen and oxygen atoms in total. The lowest BCUT2D eigenvalue weighted by Crippen LogP contribution is -2.21. The van der Waals surface area contributed by atoms with E-state index in [0.717, 1.165) is 31.7 Å². The maximum Gasteiger partial charge on any atom is 0.356 e. The summed E-state index contributed by atoms with van der Waals surface area (Å²) >= 11 is 0. The summed E-state index contributed by atoms with van der Waals surface area (Å²) < 4.78 is 0. The molecule has 0 spiro atoms. The molecule has 0 aliphatic carbocycles. The van der Waals surface area contributed by atoms with Crippen molar-refractivity contribution >= 4 is 11.8 Å². The van der Waals surface area contributed by atoms with Gasteiger partial charge in [0.15, 0.2) is 5.69 Å². The van der Waals surface area contributed by atoms with Crippen LogP contribution in [0.4, 0.5) is 5.82 Å². The molecule has 3 rings (SSSR count). The van der Waals surface area contributed by atoms with Crippen LogP contribution in [0.2, 0.25) is 0 Å². The van der Waals surface area contributed by atoms with Gasteiger partial charge in [-0.2, -0.15) is 0 Å². The van der Waals surface area contributed by atoms with E-state index in [1.54, 1.807) is 6.20 Å². The number of aromatic carboxylic acids is 1. The minimum Gasteiger partial charge on any atom is -0.476 e. The number of carbonyl (C=O) groups is 1. The number of hydrogen-bond acceptors (Lipinski definition) is 4. The third-order valence-electron chi connectivity index (χ3n) is 4.23. The number of aromatic nitrogens is 2. The second kappa shape index (κ2) is 6.13. The number of carboxylic acids is 1. The molecule has 1 aliphatic rings. The fourth-order valence-electron chi connectivity index (χ4n) is 2.86. The first kappa shape index (κ1) is 14.5. The normalized spacial score (nSPS) is 17.7. The Morgan fingerprint density at radius 2 is 2.05 bits per heavy atom. The van der Waals surface area contributed by atoms with E-state index in [4.69, 9.17) is 5.11 Å². The molecule has 0 radical (unpaired) electrons. The first-order valence-corrected chi connectivity index (χ1v) is 7.56. The number of anilines is 1. The standard InChI is InChI=1S/C17H19N3O2/c1-2-12-3-5-13(6-4-12)14-7-8-20(11-14)16-10-18-15(9-19-16)17(21)22/h3-6,9-10,14H,2,7-8,11H2,1H3,(H,21,22). The Morgan fingerprint density at radius 3 is 2.64 bits per heavy atom. The number of hydrogen-bond donors (Lipinski definition) is 1. The summed E-state index contributed by atoms with van der Waals surface area (Å²) in [6.07, 6.45) is 5.00. The summed E-state index contributed by atoms with van der Waals surface area (Å²) in [7, 11) is 0. The van der Waals surface area contributed by atoms with E-state index in [2.05, 4.69) is 46.1 Å². The summed E-state index contributed by atoms with van der Waals surface area (Å²) in [5.41, 5.74) is 2.69. The van der Waals surface area contributed by atoms with Crippen molar-refractivity contribution in [2.75, 3.05) is 18.0 Å². The molecule has 1 atom stereocenters. The van der Waals surface area contributed by atoms with Gasteiger partial charge in [-0.25, -0.2) is 14.8 Å². The molecule has 5 heteroatoms. The maximum atomic E-state index is 10.8. The molecule has 2 heterocycles. The van der Waals surface area contributed by atoms with Crippen LogP contribution in [-0.4, -0.2) is 34.1 Å². The van der Waals surface area contributed by atoms with E-state index in [1.807, 2.05) is 0 Å². The van der Waals surface area contributed by atoms with Gasteiger partial charge in [-0.3, -0.25) is 0 Å². The minimum atomic E-state index is -1.05. The van der Waals surface area contributed by atoms with Crippen LogP contribution in [-0.2, 0) is 6.42 Å². The smallest absolute Gasteiger partial charge is 0.356 e. The summed E-state index contributed by atoms with van der Waals surface area (Å²) in [6.45, 7) is 3.97. The molecule has 1 aromatic carbocycles. The number of benzene rings is 1. The van der Waals surface area contributed by atoms with Crippen molar-refractivity contribution in [3.63, 3.8) is 0 Å². The molecule has 1 saturated heterocycles. The van der Waals surface area contributed by atoms with Crippen LogP contribution in [0.3, 0.4) is 0 Å². The Balaban J connectivity index is 1.69. The van der Waals surface area contributed by atoms with Crippen molar-refractivity contribution in [1.82, 2.24) is 9.97 Å². The minimum absolute atomic E-state index is 0.0188. The van der Waals surface area contributed by atoms with Gasteiger partial charge in [0.2, 0.25) is 0 Å². The average Bonchev–Trinajstić information content (AvgIpc) is 3.05. The van der Waals surface area contributed by atoms with Crippen molar-refractivity contribution in [3.8, 4) is 0 Å². The van der Waals surface area contributed by atoms with Crippen LogP contribution in [0.5, 0.6) is 0 Å². The van der Waals surface area contributed by atoms with Gasteiger partial charge in [-0.15, -0.1) is 0 Å². The Hall–Kier alpha value is -2.43. The summed E-state index contributed by atoms with van der Waals surface area (Å²) in [6, 6.07) is 8.82. The van der Waals surface area contributed by atoms with Gasteiger partial charge in [-0.05, 0) is 24.0 Å². The molecule has 1 N–H and O–H groups in total. The van der Waals surface area contributed by atoms with Gasteiger partial charge >= 0.3 is 5.97 Å². The topological polar surface area (TPSA) is 66.3 Å². The van der Waals surface area contributed by atoms with Gasteiger partial charge < -0.3 is 10.0 Å². The Labute approximate surface area is 129 Å². The average molecular weight is 297 g/mol. The molecule has 1 aromatic heterocycles. The maximum absolute atomic E-state index is 10.8. The van der Waals surface area contributed by atoms with Crippen LogP contribution in [0.15, 0.2) is 36.7 Å². The fraction of sp³-hybridized carbons (Fsp3) is 0.353. The van der Waals surface area contributed by atoms with Crippen LogP contribution in [0, 0.1) is 0 Å². The molecule has 2 aromatic rings. The highest BCUT2D eigenvalue weighted by molar-refractivity contribution is 5.84. The highest BCUT2D eigenvalue weighted by atomic mass is 16.4. The molecule has 0 bridgehead atoms. The monoisotopic (exact) mass is 297 g/mol. The zero-order valence-electron chi connectivity index (χ0n) is 12.6. The third kappa shape index (κ3) is 2.93. The first-order chi connectivity index (χ1) is 10.7. The first-order valence-electron chi connectivity index (χ1n) is 7.56. The third-order valence-corrected chi connectivity index (χ3v) is 4.23. The lowest BCUT2D eigenvalue weighted by atomic mass is 9.97. The molecule has 0 saturated carbocycles. The van der Waals surface area contributed by atoms with Crippen molar-refractivity contribution in [2.45, 2.75) is 25.7 Å². The van der Waals surface area contributed by atoms with Crippen LogP contribution in [0.1, 0.15) is 40.9 Å². The second-order valence-corrected chi connectivity index (χ2v) is 5.59. The Morgan fingerprint density at radius 1 is 1.27 bits per heavy atom. The zero-order valence-corrected chi connectivity index (χ0v) is 12.6. The van der Waals surface area contributed by atoms with E-state index in [0.29, 0.717) is 5.92 Å². The summed E-state index contributed by atoms with van der Waals surface area (Å²) in [5, 5.41) is 8.86. The van der Waals surface area contributed by atoms with Gasteiger partial charge in [0.05, 0.1) is 12.4 Å². The van der Waals surface area contributed by atoms with Crippen LogP contribution >= 0.6 is 0 Å². The molecule has 0 amide bonds. The highest BCUT2D eigenvalue weighted by Crippen LogP contribution is 2.29. The molecule has 1 fully saturated rings. The van der Waals surface area contributed by atoms with Crippen molar-refractivity contribution in [1.29, 1.82) is 0 Å². The van der Waals surface area contributed by atoms with Crippen molar-refractivity contribution < 1.29 is 9.90 Å². The van der Waals surface area contributed by atoms with Gasteiger partial charge in [-0.1, -0.05) is 31.2 Å². The lowest BCUT2D eigenvalue weighted by molar-refractivity contribution is 0.0690. The predicted molar refractivity (Wildman–Crippen MR) is 84.4 cm³/mol. The summed E-state index contributed by atoms with van der Waals surface area (Å²) in [4.78, 5) is 21.1. The fourth-order valence-corrected chi connectivity index (χ4v) is 2.86. The van der Waals surface area contributed by atoms with E-state index in [-0.39, 0.29) is 5.69 Å². The van der Waals surface area contributed by atoms with E-state index in [9.17, 15) is 4.79 Å². The SMILES string of the molecule is CCc1ccc(C2CCN(c3cnc(C(=O)O)cn3)C2)cc1. The molecule has 114 valence electrons. The largest absolute Gasteiger partial charge is 0.476 e. The van der Waals surface area contributed by atoms with E-state index < -0.39 is 5.97 Å². The number of aryl methyl sites for hydroxylation is 1. The zero-order chi connectivity index (χ0) is 15.5. The van der Waals surface area contributed by atoms with Crippen LogP contribution < -0.4 is 4.90 Å². The van der Waals surface area contributed by atoms with Gasteiger partial charge in [0, 0.05) is 19.0 Å². The molecule has 22 heavy (non-hydrogen) atoms. The van der Waals surface area contributed by atoms with Gasteiger partial charge in [0.25, 0.3) is 0 Å². The predicted octanol–water partition coefficient (Wildman–Crippen LogP) is 2.73.